The molecule has 2 aromatic heterocycles. The molecule has 0 saturated heterocycles. The molecule has 0 radical (unpaired) electrons. The molecule has 1 aromatic carbocycles. The maximum atomic E-state index is 13.0. The van der Waals surface area contributed by atoms with Gasteiger partial charge in [-0.05, 0) is 49.4 Å². The second-order valence-corrected chi connectivity index (χ2v) is 5.89. The highest BCUT2D eigenvalue weighted by Crippen LogP contribution is 2.17. The third-order valence-corrected chi connectivity index (χ3v) is 3.76. The van der Waals surface area contributed by atoms with Crippen molar-refractivity contribution in [1.29, 1.82) is 0 Å². The number of nitrogens with zero attached hydrogens (tertiary/aromatic N) is 2. The van der Waals surface area contributed by atoms with Gasteiger partial charge in [0.25, 0.3) is 5.91 Å². The lowest BCUT2D eigenvalue weighted by molar-refractivity contribution is -0.116. The highest BCUT2D eigenvalue weighted by molar-refractivity contribution is 5.94. The smallest absolute Gasteiger partial charge is 0.269 e. The van der Waals surface area contributed by atoms with E-state index in [2.05, 4.69) is 25.8 Å². The van der Waals surface area contributed by atoms with Crippen LogP contribution in [0.5, 0.6) is 0 Å². The minimum absolute atomic E-state index is 0.111. The van der Waals surface area contributed by atoms with E-state index < -0.39 is 0 Å². The molecule has 0 aliphatic rings. The lowest BCUT2D eigenvalue weighted by atomic mass is 10.1. The van der Waals surface area contributed by atoms with Crippen molar-refractivity contribution < 1.29 is 14.0 Å². The number of nitrogens with one attached hydrogen (secondary N) is 3. The summed E-state index contributed by atoms with van der Waals surface area (Å²) in [4.78, 5) is 28.2. The summed E-state index contributed by atoms with van der Waals surface area (Å²) in [5.74, 6) is -0.488. The van der Waals surface area contributed by atoms with Gasteiger partial charge < -0.3 is 10.6 Å². The average Bonchev–Trinajstić information content (AvgIpc) is 3.12. The molecule has 138 valence electrons. The highest BCUT2D eigenvalue weighted by Gasteiger charge is 2.12. The van der Waals surface area contributed by atoms with Crippen LogP contribution < -0.4 is 10.6 Å². The predicted molar refractivity (Wildman–Crippen MR) is 98.5 cm³/mol. The van der Waals surface area contributed by atoms with Crippen molar-refractivity contribution in [3.05, 3.63) is 65.7 Å². The molecule has 7 nitrogen and oxygen atoms in total. The zero-order chi connectivity index (χ0) is 19.2. The summed E-state index contributed by atoms with van der Waals surface area (Å²) in [6.07, 6.45) is 0.111. The zero-order valence-electron chi connectivity index (χ0n) is 14.6. The topological polar surface area (TPSA) is 99.8 Å². The summed E-state index contributed by atoms with van der Waals surface area (Å²) in [6.45, 7) is 2.00. The Morgan fingerprint density at radius 3 is 2.67 bits per heavy atom. The van der Waals surface area contributed by atoms with Crippen LogP contribution in [0.25, 0.3) is 11.3 Å². The Balaban J connectivity index is 1.49. The number of benzene rings is 1. The summed E-state index contributed by atoms with van der Waals surface area (Å²) in [7, 11) is 0. The van der Waals surface area contributed by atoms with Crippen molar-refractivity contribution in [2.45, 2.75) is 13.3 Å². The van der Waals surface area contributed by atoms with Crippen LogP contribution in [0.1, 0.15) is 22.6 Å². The molecule has 3 N–H and O–H groups in total. The molecule has 27 heavy (non-hydrogen) atoms. The monoisotopic (exact) mass is 367 g/mol. The molecule has 0 fully saturated rings. The lowest BCUT2D eigenvalue weighted by Gasteiger charge is -2.06. The maximum Gasteiger partial charge on any atom is 0.269 e. The first-order valence-electron chi connectivity index (χ1n) is 8.34. The van der Waals surface area contributed by atoms with E-state index in [9.17, 15) is 14.0 Å². The molecule has 0 atom stereocenters. The number of halogens is 1. The van der Waals surface area contributed by atoms with Crippen LogP contribution in [-0.2, 0) is 4.79 Å². The Morgan fingerprint density at radius 1 is 1.15 bits per heavy atom. The van der Waals surface area contributed by atoms with Gasteiger partial charge in [0, 0.05) is 24.2 Å². The number of hydrogen-bond donors (Lipinski definition) is 3. The van der Waals surface area contributed by atoms with Gasteiger partial charge >= 0.3 is 0 Å². The van der Waals surface area contributed by atoms with Gasteiger partial charge in [0.05, 0.1) is 5.69 Å². The van der Waals surface area contributed by atoms with Crippen molar-refractivity contribution in [2.24, 2.45) is 0 Å². The van der Waals surface area contributed by atoms with Gasteiger partial charge in [-0.2, -0.15) is 5.10 Å². The first-order valence-corrected chi connectivity index (χ1v) is 8.34. The van der Waals surface area contributed by atoms with Gasteiger partial charge in [-0.3, -0.25) is 14.7 Å². The van der Waals surface area contributed by atoms with E-state index in [1.165, 1.54) is 12.1 Å². The normalized spacial score (nSPS) is 10.4. The van der Waals surface area contributed by atoms with Crippen molar-refractivity contribution >= 4 is 17.6 Å². The number of anilines is 1. The Hall–Kier alpha value is -3.55. The summed E-state index contributed by atoms with van der Waals surface area (Å²) in [5, 5.41) is 12.0. The molecule has 0 aliphatic carbocycles. The first-order chi connectivity index (χ1) is 13.0. The quantitative estimate of drug-likeness (QED) is 0.624. The molecular formula is C19H18FN5O2. The third-order valence-electron chi connectivity index (χ3n) is 3.76. The van der Waals surface area contributed by atoms with Crippen LogP contribution in [0, 0.1) is 12.7 Å². The summed E-state index contributed by atoms with van der Waals surface area (Å²) >= 11 is 0. The SMILES string of the molecule is Cc1cccc(NC(=O)CCNC(=O)c2cc(-c3ccc(F)cc3)n[nH]2)n1. The molecule has 3 aromatic rings. The number of rotatable bonds is 6. The van der Waals surface area contributed by atoms with Gasteiger partial charge in [0.1, 0.15) is 17.3 Å². The number of H-pyrrole nitrogens is 1. The number of hydrogen-bond acceptors (Lipinski definition) is 4. The number of aromatic nitrogens is 3. The van der Waals surface area contributed by atoms with Crippen LogP contribution in [0.3, 0.4) is 0 Å². The van der Waals surface area contributed by atoms with E-state index >= 15 is 0 Å². The molecule has 2 amide bonds. The standard InChI is InChI=1S/C19H18FN5O2/c1-12-3-2-4-17(22-12)23-18(26)9-10-21-19(27)16-11-15(24-25-16)13-5-7-14(20)8-6-13/h2-8,11H,9-10H2,1H3,(H,21,27)(H,24,25)(H,22,23,26). The fourth-order valence-electron chi connectivity index (χ4n) is 2.41. The molecule has 0 unspecified atom stereocenters. The predicted octanol–water partition coefficient (Wildman–Crippen LogP) is 2.68. The van der Waals surface area contributed by atoms with Gasteiger partial charge in [-0.15, -0.1) is 0 Å². The summed E-state index contributed by atoms with van der Waals surface area (Å²) in [5.41, 5.74) is 2.28. The maximum absolute atomic E-state index is 13.0. The molecule has 8 heteroatoms. The van der Waals surface area contributed by atoms with Gasteiger partial charge in [0.15, 0.2) is 0 Å². The molecule has 0 spiro atoms. The largest absolute Gasteiger partial charge is 0.350 e. The number of pyridine rings is 1. The van der Waals surface area contributed by atoms with Crippen molar-refractivity contribution in [1.82, 2.24) is 20.5 Å². The van der Waals surface area contributed by atoms with Crippen LogP contribution in [-0.4, -0.2) is 33.5 Å². The third kappa shape index (κ3) is 4.97. The Labute approximate surface area is 155 Å². The number of carbonyl (C=O) groups is 2. The minimum Gasteiger partial charge on any atom is -0.350 e. The fourth-order valence-corrected chi connectivity index (χ4v) is 2.41. The number of amides is 2. The van der Waals surface area contributed by atoms with E-state index in [-0.39, 0.29) is 36.3 Å². The van der Waals surface area contributed by atoms with E-state index in [1.807, 2.05) is 13.0 Å². The molecule has 2 heterocycles. The lowest BCUT2D eigenvalue weighted by Crippen LogP contribution is -2.28. The van der Waals surface area contributed by atoms with Crippen LogP contribution in [0.15, 0.2) is 48.5 Å². The molecule has 0 saturated carbocycles. The average molecular weight is 367 g/mol. The highest BCUT2D eigenvalue weighted by atomic mass is 19.1. The molecule has 3 rings (SSSR count). The number of carbonyl (C=O) groups excluding carboxylic acids is 2. The van der Waals surface area contributed by atoms with Crippen molar-refractivity contribution in [3.63, 3.8) is 0 Å². The van der Waals surface area contributed by atoms with Crippen LogP contribution in [0.4, 0.5) is 10.2 Å². The van der Waals surface area contributed by atoms with E-state index in [1.54, 1.807) is 30.3 Å². The van der Waals surface area contributed by atoms with E-state index in [0.717, 1.165) is 5.69 Å². The Kier molecular flexibility index (Phi) is 5.55. The number of aromatic amines is 1. The Morgan fingerprint density at radius 2 is 1.93 bits per heavy atom. The molecule has 0 aliphatic heterocycles. The van der Waals surface area contributed by atoms with Crippen LogP contribution in [0.2, 0.25) is 0 Å². The fraction of sp³-hybridized carbons (Fsp3) is 0.158. The van der Waals surface area contributed by atoms with E-state index in [4.69, 9.17) is 0 Å². The Bertz CT molecular complexity index is 953. The second-order valence-electron chi connectivity index (χ2n) is 5.89. The molecule has 0 bridgehead atoms. The van der Waals surface area contributed by atoms with Gasteiger partial charge in [-0.1, -0.05) is 6.07 Å². The first kappa shape index (κ1) is 18.2. The van der Waals surface area contributed by atoms with Gasteiger partial charge in [-0.25, -0.2) is 9.37 Å². The number of aryl methyl sites for hydroxylation is 1. The van der Waals surface area contributed by atoms with E-state index in [0.29, 0.717) is 17.1 Å². The second kappa shape index (κ2) is 8.22. The van der Waals surface area contributed by atoms with Crippen molar-refractivity contribution in [2.75, 3.05) is 11.9 Å². The summed E-state index contributed by atoms with van der Waals surface area (Å²) < 4.78 is 13.0. The van der Waals surface area contributed by atoms with Crippen LogP contribution >= 0.6 is 0 Å². The molecular weight excluding hydrogens is 349 g/mol. The zero-order valence-corrected chi connectivity index (χ0v) is 14.6. The summed E-state index contributed by atoms with van der Waals surface area (Å²) in [6, 6.07) is 12.7. The van der Waals surface area contributed by atoms with Gasteiger partial charge in [0.2, 0.25) is 5.91 Å². The van der Waals surface area contributed by atoms with Crippen molar-refractivity contribution in [3.8, 4) is 11.3 Å². The minimum atomic E-state index is -0.377.